The highest BCUT2D eigenvalue weighted by atomic mass is 16.4. The van der Waals surface area contributed by atoms with Crippen molar-refractivity contribution in [1.29, 1.82) is 0 Å². The monoisotopic (exact) mass is 284 g/mol. The van der Waals surface area contributed by atoms with Crippen LogP contribution in [0.4, 0.5) is 4.79 Å². The number of carbonyl (C=O) groups is 2. The number of amides is 2. The van der Waals surface area contributed by atoms with Crippen molar-refractivity contribution in [3.05, 3.63) is 0 Å². The van der Waals surface area contributed by atoms with Gasteiger partial charge in [0.1, 0.15) is 0 Å². The van der Waals surface area contributed by atoms with Crippen LogP contribution in [0.15, 0.2) is 0 Å². The molecule has 0 radical (unpaired) electrons. The molecule has 2 unspecified atom stereocenters. The molecular weight excluding hydrogens is 256 g/mol. The van der Waals surface area contributed by atoms with Gasteiger partial charge in [-0.05, 0) is 37.5 Å². The summed E-state index contributed by atoms with van der Waals surface area (Å²) in [5.74, 6) is 0.222. The second-order valence-corrected chi connectivity index (χ2v) is 5.92. The Kier molecular flexibility index (Phi) is 7.41. The van der Waals surface area contributed by atoms with Gasteiger partial charge in [-0.15, -0.1) is 0 Å². The van der Waals surface area contributed by atoms with Gasteiger partial charge in [0.2, 0.25) is 0 Å². The molecule has 1 aliphatic heterocycles. The van der Waals surface area contributed by atoms with Crippen molar-refractivity contribution in [1.82, 2.24) is 10.2 Å². The molecule has 2 atom stereocenters. The van der Waals surface area contributed by atoms with Gasteiger partial charge in [0.25, 0.3) is 0 Å². The number of carboxylic acid groups (broad SMARTS) is 1. The van der Waals surface area contributed by atoms with Gasteiger partial charge < -0.3 is 15.3 Å². The molecule has 5 nitrogen and oxygen atoms in total. The molecule has 1 fully saturated rings. The Morgan fingerprint density at radius 2 is 2.15 bits per heavy atom. The molecule has 2 amide bonds. The zero-order chi connectivity index (χ0) is 15.0. The number of hydrogen-bond acceptors (Lipinski definition) is 2. The second kappa shape index (κ2) is 8.82. The number of aliphatic carboxylic acids is 1. The number of hydrogen-bond donors (Lipinski definition) is 2. The number of carboxylic acids is 1. The fourth-order valence-corrected chi connectivity index (χ4v) is 2.63. The van der Waals surface area contributed by atoms with Crippen LogP contribution in [0.1, 0.15) is 52.4 Å². The van der Waals surface area contributed by atoms with Gasteiger partial charge in [-0.1, -0.05) is 20.3 Å². The molecule has 1 aliphatic rings. The van der Waals surface area contributed by atoms with E-state index in [1.165, 1.54) is 6.42 Å². The van der Waals surface area contributed by atoms with Gasteiger partial charge in [-0.2, -0.15) is 0 Å². The third-order valence-electron chi connectivity index (χ3n) is 4.15. The summed E-state index contributed by atoms with van der Waals surface area (Å²) in [6.07, 6.45) is 5.18. The third-order valence-corrected chi connectivity index (χ3v) is 4.15. The number of carbonyl (C=O) groups excluding carboxylic acids is 1. The molecule has 0 aromatic heterocycles. The SMILES string of the molecule is CCC1CCCN(C(=O)NCCC(C)CCC(=O)O)C1. The van der Waals surface area contributed by atoms with Gasteiger partial charge >= 0.3 is 12.0 Å². The highest BCUT2D eigenvalue weighted by molar-refractivity contribution is 5.74. The summed E-state index contributed by atoms with van der Waals surface area (Å²) in [5, 5.41) is 11.6. The summed E-state index contributed by atoms with van der Waals surface area (Å²) in [4.78, 5) is 24.4. The summed E-state index contributed by atoms with van der Waals surface area (Å²) in [5.41, 5.74) is 0. The summed E-state index contributed by atoms with van der Waals surface area (Å²) in [7, 11) is 0. The summed E-state index contributed by atoms with van der Waals surface area (Å²) < 4.78 is 0. The Labute approximate surface area is 121 Å². The van der Waals surface area contributed by atoms with Gasteiger partial charge in [0.15, 0.2) is 0 Å². The Morgan fingerprint density at radius 1 is 1.40 bits per heavy atom. The first kappa shape index (κ1) is 16.8. The molecule has 116 valence electrons. The molecule has 1 rings (SSSR count). The summed E-state index contributed by atoms with van der Waals surface area (Å²) >= 11 is 0. The van der Waals surface area contributed by atoms with Crippen LogP contribution in [0.5, 0.6) is 0 Å². The van der Waals surface area contributed by atoms with Gasteiger partial charge in [-0.3, -0.25) is 4.79 Å². The molecule has 2 N–H and O–H groups in total. The maximum absolute atomic E-state index is 12.0. The first-order chi connectivity index (χ1) is 9.52. The molecule has 0 aliphatic carbocycles. The smallest absolute Gasteiger partial charge is 0.317 e. The number of piperidine rings is 1. The zero-order valence-electron chi connectivity index (χ0n) is 12.7. The van der Waals surface area contributed by atoms with E-state index in [0.717, 1.165) is 32.4 Å². The molecule has 0 bridgehead atoms. The van der Waals surface area contributed by atoms with E-state index < -0.39 is 5.97 Å². The Balaban J connectivity index is 2.17. The fourth-order valence-electron chi connectivity index (χ4n) is 2.63. The quantitative estimate of drug-likeness (QED) is 0.755. The van der Waals surface area contributed by atoms with Crippen LogP contribution in [0.3, 0.4) is 0 Å². The predicted octanol–water partition coefficient (Wildman–Crippen LogP) is 2.71. The minimum absolute atomic E-state index is 0.0357. The minimum Gasteiger partial charge on any atom is -0.481 e. The van der Waals surface area contributed by atoms with E-state index in [4.69, 9.17) is 5.11 Å². The standard InChI is InChI=1S/C15H28N2O3/c1-3-13-5-4-10-17(11-13)15(20)16-9-8-12(2)6-7-14(18)19/h12-13H,3-11H2,1-2H3,(H,16,20)(H,18,19). The van der Waals surface area contributed by atoms with E-state index in [-0.39, 0.29) is 12.5 Å². The van der Waals surface area contributed by atoms with Crippen LogP contribution in [0.25, 0.3) is 0 Å². The largest absolute Gasteiger partial charge is 0.481 e. The zero-order valence-corrected chi connectivity index (χ0v) is 12.7. The Bertz CT molecular complexity index is 320. The molecule has 1 heterocycles. The van der Waals surface area contributed by atoms with Crippen LogP contribution < -0.4 is 5.32 Å². The van der Waals surface area contributed by atoms with Crippen molar-refractivity contribution in [3.8, 4) is 0 Å². The van der Waals surface area contributed by atoms with Crippen molar-refractivity contribution in [2.45, 2.75) is 52.4 Å². The van der Waals surface area contributed by atoms with E-state index in [1.807, 2.05) is 11.8 Å². The maximum atomic E-state index is 12.0. The highest BCUT2D eigenvalue weighted by Gasteiger charge is 2.22. The van der Waals surface area contributed by atoms with Gasteiger partial charge in [-0.25, -0.2) is 4.79 Å². The first-order valence-electron chi connectivity index (χ1n) is 7.77. The molecular formula is C15H28N2O3. The van der Waals surface area contributed by atoms with Crippen molar-refractivity contribution in [2.75, 3.05) is 19.6 Å². The number of rotatable bonds is 7. The van der Waals surface area contributed by atoms with E-state index in [0.29, 0.717) is 24.8 Å². The molecule has 0 saturated carbocycles. The normalized spacial score (nSPS) is 20.5. The van der Waals surface area contributed by atoms with Gasteiger partial charge in [0.05, 0.1) is 0 Å². The number of nitrogens with one attached hydrogen (secondary N) is 1. The van der Waals surface area contributed by atoms with E-state index in [1.54, 1.807) is 0 Å². The van der Waals surface area contributed by atoms with Crippen LogP contribution in [0, 0.1) is 11.8 Å². The Hall–Kier alpha value is -1.26. The van der Waals surface area contributed by atoms with Crippen LogP contribution in [-0.2, 0) is 4.79 Å². The lowest BCUT2D eigenvalue weighted by Gasteiger charge is -2.32. The highest BCUT2D eigenvalue weighted by Crippen LogP contribution is 2.19. The predicted molar refractivity (Wildman–Crippen MR) is 78.6 cm³/mol. The van der Waals surface area contributed by atoms with E-state index in [9.17, 15) is 9.59 Å². The number of urea groups is 1. The van der Waals surface area contributed by atoms with E-state index in [2.05, 4.69) is 12.2 Å². The molecule has 5 heteroatoms. The minimum atomic E-state index is -0.750. The van der Waals surface area contributed by atoms with Crippen molar-refractivity contribution in [2.24, 2.45) is 11.8 Å². The summed E-state index contributed by atoms with van der Waals surface area (Å²) in [6, 6.07) is 0.0357. The molecule has 0 spiro atoms. The molecule has 20 heavy (non-hydrogen) atoms. The lowest BCUT2D eigenvalue weighted by molar-refractivity contribution is -0.137. The maximum Gasteiger partial charge on any atom is 0.317 e. The van der Waals surface area contributed by atoms with Crippen LogP contribution in [0.2, 0.25) is 0 Å². The fraction of sp³-hybridized carbons (Fsp3) is 0.867. The van der Waals surface area contributed by atoms with Crippen LogP contribution >= 0.6 is 0 Å². The lowest BCUT2D eigenvalue weighted by Crippen LogP contribution is -2.45. The van der Waals surface area contributed by atoms with Gasteiger partial charge in [0, 0.05) is 26.1 Å². The van der Waals surface area contributed by atoms with Crippen molar-refractivity contribution in [3.63, 3.8) is 0 Å². The summed E-state index contributed by atoms with van der Waals surface area (Å²) in [6.45, 7) is 6.57. The van der Waals surface area contributed by atoms with Crippen LogP contribution in [-0.4, -0.2) is 41.6 Å². The average molecular weight is 284 g/mol. The molecule has 0 aromatic carbocycles. The average Bonchev–Trinajstić information content (AvgIpc) is 2.45. The lowest BCUT2D eigenvalue weighted by atomic mass is 9.96. The van der Waals surface area contributed by atoms with Crippen molar-refractivity contribution >= 4 is 12.0 Å². The topological polar surface area (TPSA) is 69.6 Å². The Morgan fingerprint density at radius 3 is 2.80 bits per heavy atom. The first-order valence-corrected chi connectivity index (χ1v) is 7.77. The number of nitrogens with zero attached hydrogens (tertiary/aromatic N) is 1. The van der Waals surface area contributed by atoms with Crippen molar-refractivity contribution < 1.29 is 14.7 Å². The number of likely N-dealkylation sites (tertiary alicyclic amines) is 1. The molecule has 0 aromatic rings. The van der Waals surface area contributed by atoms with E-state index >= 15 is 0 Å². The second-order valence-electron chi connectivity index (χ2n) is 5.92. The third kappa shape index (κ3) is 6.26. The molecule has 1 saturated heterocycles.